The Morgan fingerprint density at radius 2 is 0.947 bits per heavy atom. The van der Waals surface area contributed by atoms with Crippen LogP contribution in [0.1, 0.15) is 6.42 Å². The molecule has 0 rings (SSSR count). The van der Waals surface area contributed by atoms with Gasteiger partial charge >= 0.3 is 29.9 Å². The molecule has 1 nitrogen and oxygen atoms in total. The lowest BCUT2D eigenvalue weighted by atomic mass is 9.89. The van der Waals surface area contributed by atoms with E-state index in [0.717, 1.165) is 0 Å². The first-order chi connectivity index (χ1) is 8.06. The van der Waals surface area contributed by atoms with E-state index in [1.54, 1.807) is 0 Å². The molecule has 0 aromatic rings. The van der Waals surface area contributed by atoms with Crippen molar-refractivity contribution in [2.75, 3.05) is 6.61 Å². The lowest BCUT2D eigenvalue weighted by Crippen LogP contribution is -2.70. The van der Waals surface area contributed by atoms with Gasteiger partial charge in [0.1, 0.15) is 0 Å². The van der Waals surface area contributed by atoms with Crippen molar-refractivity contribution in [3.8, 4) is 0 Å². The van der Waals surface area contributed by atoms with E-state index in [-0.39, 0.29) is 0 Å². The highest BCUT2D eigenvalue weighted by Crippen LogP contribution is 2.59. The molecule has 0 aromatic carbocycles. The van der Waals surface area contributed by atoms with Gasteiger partial charge in [-0.1, -0.05) is 0 Å². The number of rotatable bonds is 4. The highest BCUT2D eigenvalue weighted by molar-refractivity contribution is 5.10. The minimum absolute atomic E-state index is 2.12. The van der Waals surface area contributed by atoms with Crippen LogP contribution >= 0.6 is 0 Å². The molecule has 0 bridgehead atoms. The van der Waals surface area contributed by atoms with Gasteiger partial charge in [-0.25, -0.2) is 9.50 Å². The molecule has 0 spiro atoms. The number of hydrogen-bond acceptors (Lipinski definition) is 0. The number of hydrogen-bond donors (Lipinski definition) is 0. The van der Waals surface area contributed by atoms with Gasteiger partial charge in [0.2, 0.25) is 0 Å². The van der Waals surface area contributed by atoms with Crippen LogP contribution in [-0.2, 0) is 5.11 Å². The Balaban J connectivity index is 6.05. The molecule has 0 heterocycles. The Morgan fingerprint density at radius 3 is 1.16 bits per heavy atom. The van der Waals surface area contributed by atoms with E-state index in [0.29, 0.717) is 0 Å². The van der Waals surface area contributed by atoms with Crippen molar-refractivity contribution >= 4 is 0 Å². The van der Waals surface area contributed by atoms with Gasteiger partial charge in [-0.3, -0.25) is 0 Å². The zero-order valence-electron chi connectivity index (χ0n) is 8.48. The topological polar surface area (TPSA) is 19.9 Å². The lowest BCUT2D eigenvalue weighted by molar-refractivity contribution is -0.427. The quantitative estimate of drug-likeness (QED) is 0.701. The summed E-state index contributed by atoms with van der Waals surface area (Å²) in [6.45, 7) is -2.12. The molecular formula is C7H4F11O. The summed E-state index contributed by atoms with van der Waals surface area (Å²) in [5.74, 6) is -13.3. The van der Waals surface area contributed by atoms with Crippen LogP contribution in [0.3, 0.4) is 0 Å². The maximum atomic E-state index is 12.8. The monoisotopic (exact) mass is 313 g/mol. The van der Waals surface area contributed by atoms with E-state index in [9.17, 15) is 53.4 Å². The first-order valence-corrected chi connectivity index (χ1v) is 4.22. The normalized spacial score (nSPS) is 15.8. The number of halogens is 11. The van der Waals surface area contributed by atoms with Gasteiger partial charge in [0.25, 0.3) is 0 Å². The predicted octanol–water partition coefficient (Wildman–Crippen LogP) is 3.91. The van der Waals surface area contributed by atoms with Gasteiger partial charge in [0.05, 0.1) is 6.61 Å². The van der Waals surface area contributed by atoms with Gasteiger partial charge in [-0.2, -0.15) is 43.9 Å². The molecule has 12 heteroatoms. The molecule has 0 saturated heterocycles. The van der Waals surface area contributed by atoms with Gasteiger partial charge in [-0.15, -0.1) is 0 Å². The Labute approximate surface area is 97.5 Å². The third-order valence-electron chi connectivity index (χ3n) is 2.09. The summed E-state index contributed by atoms with van der Waals surface area (Å²) in [5.41, 5.74) is -7.47. The second-order valence-corrected chi connectivity index (χ2v) is 3.39. The Morgan fingerprint density at radius 1 is 0.632 bits per heavy atom. The van der Waals surface area contributed by atoms with E-state index in [2.05, 4.69) is 0 Å². The maximum Gasteiger partial charge on any atom is 0.438 e. The van der Waals surface area contributed by atoms with Crippen molar-refractivity contribution in [2.45, 2.75) is 36.3 Å². The molecular weight excluding hydrogens is 309 g/mol. The number of alkyl halides is 11. The van der Waals surface area contributed by atoms with Crippen LogP contribution in [0.15, 0.2) is 0 Å². The molecule has 0 fully saturated rings. The van der Waals surface area contributed by atoms with E-state index in [1.165, 1.54) is 0 Å². The third kappa shape index (κ3) is 2.58. The smallest absolute Gasteiger partial charge is 0.236 e. The third-order valence-corrected chi connectivity index (χ3v) is 2.09. The summed E-state index contributed by atoms with van der Waals surface area (Å²) >= 11 is 0. The zero-order valence-corrected chi connectivity index (χ0v) is 8.48. The summed E-state index contributed by atoms with van der Waals surface area (Å²) < 4.78 is 135. The van der Waals surface area contributed by atoms with Crippen molar-refractivity contribution in [3.63, 3.8) is 0 Å². The molecule has 0 atom stereocenters. The summed E-state index contributed by atoms with van der Waals surface area (Å²) in [7, 11) is 0. The fourth-order valence-electron chi connectivity index (χ4n) is 1.05. The van der Waals surface area contributed by atoms with Crippen LogP contribution in [-0.4, -0.2) is 36.5 Å². The van der Waals surface area contributed by atoms with E-state index >= 15 is 0 Å². The molecule has 0 N–H and O–H groups in total. The van der Waals surface area contributed by atoms with Crippen LogP contribution in [0.25, 0.3) is 0 Å². The molecule has 0 amide bonds. The maximum absolute atomic E-state index is 12.8. The predicted molar refractivity (Wildman–Crippen MR) is 36.0 cm³/mol. The summed E-state index contributed by atoms with van der Waals surface area (Å²) in [4.78, 5) is 0. The van der Waals surface area contributed by atoms with Gasteiger partial charge < -0.3 is 0 Å². The van der Waals surface area contributed by atoms with Crippen molar-refractivity contribution in [3.05, 3.63) is 0 Å². The molecule has 115 valence electrons. The summed E-state index contributed by atoms with van der Waals surface area (Å²) in [5, 5.41) is 9.72. The lowest BCUT2D eigenvalue weighted by Gasteiger charge is -2.39. The standard InChI is InChI=1S/C7H4F11O/c8-3(9,1-2-19)5(11,12)4(10,6(13,14)15)7(16,17)18/h1-2H2. The Bertz CT molecular complexity index is 300. The molecule has 1 radical (unpaired) electrons. The minimum atomic E-state index is -7.47. The molecule has 0 unspecified atom stereocenters. The van der Waals surface area contributed by atoms with E-state index in [4.69, 9.17) is 0 Å². The highest BCUT2D eigenvalue weighted by atomic mass is 19.4. The largest absolute Gasteiger partial charge is 0.438 e. The van der Waals surface area contributed by atoms with Crippen LogP contribution < -0.4 is 0 Å². The van der Waals surface area contributed by atoms with Gasteiger partial charge in [-0.05, 0) is 0 Å². The minimum Gasteiger partial charge on any atom is -0.236 e. The summed E-state index contributed by atoms with van der Waals surface area (Å²) in [6.07, 6.45) is -17.3. The highest BCUT2D eigenvalue weighted by Gasteiger charge is 2.89. The fraction of sp³-hybridized carbons (Fsp3) is 1.00. The van der Waals surface area contributed by atoms with E-state index in [1.807, 2.05) is 0 Å². The summed E-state index contributed by atoms with van der Waals surface area (Å²) in [6, 6.07) is 0. The van der Waals surface area contributed by atoms with Crippen molar-refractivity contribution in [1.29, 1.82) is 0 Å². The molecule has 0 saturated carbocycles. The fourth-order valence-corrected chi connectivity index (χ4v) is 1.05. The van der Waals surface area contributed by atoms with Crippen LogP contribution in [0.4, 0.5) is 48.3 Å². The average Bonchev–Trinajstić information content (AvgIpc) is 2.12. The van der Waals surface area contributed by atoms with Crippen LogP contribution in [0.2, 0.25) is 0 Å². The van der Waals surface area contributed by atoms with Gasteiger partial charge in [0.15, 0.2) is 0 Å². The molecule has 0 aromatic heterocycles. The first-order valence-electron chi connectivity index (χ1n) is 4.22. The molecule has 0 aliphatic heterocycles. The molecule has 0 aliphatic carbocycles. The zero-order chi connectivity index (χ0) is 15.9. The Kier molecular flexibility index (Phi) is 4.43. The van der Waals surface area contributed by atoms with Crippen molar-refractivity contribution in [1.82, 2.24) is 0 Å². The van der Waals surface area contributed by atoms with Crippen LogP contribution in [0.5, 0.6) is 0 Å². The van der Waals surface area contributed by atoms with Crippen LogP contribution in [0, 0.1) is 0 Å². The average molecular weight is 313 g/mol. The molecule has 0 aliphatic rings. The van der Waals surface area contributed by atoms with Crippen molar-refractivity contribution < 1.29 is 53.4 Å². The van der Waals surface area contributed by atoms with Crippen molar-refractivity contribution in [2.24, 2.45) is 0 Å². The first kappa shape index (κ1) is 18.2. The van der Waals surface area contributed by atoms with Gasteiger partial charge in [0, 0.05) is 6.42 Å². The second kappa shape index (κ2) is 4.63. The van der Waals surface area contributed by atoms with E-state index < -0.39 is 42.9 Å². The Hall–Kier alpha value is -0.810. The molecule has 19 heavy (non-hydrogen) atoms. The second-order valence-electron chi connectivity index (χ2n) is 3.39. The SMILES string of the molecule is [O]CCC(F)(F)C(F)(F)C(F)(C(F)(F)F)C(F)(F)F.